The van der Waals surface area contributed by atoms with Crippen molar-refractivity contribution in [1.29, 1.82) is 0 Å². The van der Waals surface area contributed by atoms with Crippen molar-refractivity contribution in [2.45, 2.75) is 20.0 Å². The van der Waals surface area contributed by atoms with E-state index in [9.17, 15) is 9.59 Å². The molecule has 1 aliphatic rings. The van der Waals surface area contributed by atoms with E-state index >= 15 is 0 Å². The first-order valence-electron chi connectivity index (χ1n) is 10.5. The third-order valence-electron chi connectivity index (χ3n) is 5.08. The summed E-state index contributed by atoms with van der Waals surface area (Å²) in [5, 5.41) is 12.4. The molecule has 0 unspecified atom stereocenters. The van der Waals surface area contributed by atoms with Gasteiger partial charge in [0, 0.05) is 10.0 Å². The number of carbonyl (C=O) groups excluding carboxylic acids is 1. The number of halogens is 1. The predicted octanol–water partition coefficient (Wildman–Crippen LogP) is 6.18. The molecular formula is C26H21BrN2O4S. The standard InChI is InChI=1S/C26H21BrN2O4S/c1-2-16-5-10-21(11-6-16)28-26-29-24(30)23(34-26)14-19-13-20(27)9-12-22(19)33-15-17-3-7-18(8-4-17)25(31)32/h3-14H,2,15H2,1H3,(H,31,32)(H,28,29,30)/b23-14-. The maximum Gasteiger partial charge on any atom is 0.335 e. The molecular weight excluding hydrogens is 516 g/mol. The Morgan fingerprint density at radius 3 is 2.47 bits per heavy atom. The highest BCUT2D eigenvalue weighted by atomic mass is 79.9. The van der Waals surface area contributed by atoms with E-state index in [2.05, 4.69) is 33.2 Å². The van der Waals surface area contributed by atoms with Crippen LogP contribution in [0.3, 0.4) is 0 Å². The number of aromatic carboxylic acids is 1. The molecule has 0 atom stereocenters. The van der Waals surface area contributed by atoms with Crippen molar-refractivity contribution in [3.63, 3.8) is 0 Å². The molecule has 1 amide bonds. The van der Waals surface area contributed by atoms with Crippen molar-refractivity contribution < 1.29 is 19.4 Å². The number of amidine groups is 1. The highest BCUT2D eigenvalue weighted by molar-refractivity contribution is 9.10. The molecule has 0 aliphatic carbocycles. The number of nitrogens with zero attached hydrogens (tertiary/aromatic N) is 1. The van der Waals surface area contributed by atoms with E-state index in [-0.39, 0.29) is 18.1 Å². The first kappa shape index (κ1) is 23.8. The maximum absolute atomic E-state index is 12.6. The molecule has 0 aromatic heterocycles. The topological polar surface area (TPSA) is 88.0 Å². The monoisotopic (exact) mass is 536 g/mol. The molecule has 0 bridgehead atoms. The van der Waals surface area contributed by atoms with E-state index in [0.29, 0.717) is 15.8 Å². The molecule has 1 aliphatic heterocycles. The lowest BCUT2D eigenvalue weighted by molar-refractivity contribution is -0.115. The lowest BCUT2D eigenvalue weighted by Crippen LogP contribution is -2.19. The van der Waals surface area contributed by atoms with E-state index in [0.717, 1.165) is 27.7 Å². The molecule has 1 heterocycles. The number of nitrogens with one attached hydrogen (secondary N) is 1. The van der Waals surface area contributed by atoms with Crippen molar-refractivity contribution in [2.24, 2.45) is 4.99 Å². The van der Waals surface area contributed by atoms with Gasteiger partial charge in [-0.15, -0.1) is 0 Å². The zero-order chi connectivity index (χ0) is 24.1. The maximum atomic E-state index is 12.6. The Labute approximate surface area is 209 Å². The average Bonchev–Trinajstić information content (AvgIpc) is 3.17. The van der Waals surface area contributed by atoms with Gasteiger partial charge >= 0.3 is 5.97 Å². The second-order valence-electron chi connectivity index (χ2n) is 7.47. The largest absolute Gasteiger partial charge is 0.488 e. The van der Waals surface area contributed by atoms with Crippen molar-refractivity contribution in [2.75, 3.05) is 0 Å². The zero-order valence-electron chi connectivity index (χ0n) is 18.2. The summed E-state index contributed by atoms with van der Waals surface area (Å²) in [6.45, 7) is 2.36. The van der Waals surface area contributed by atoms with Gasteiger partial charge in [0.05, 0.1) is 16.2 Å². The van der Waals surface area contributed by atoms with Gasteiger partial charge in [0.1, 0.15) is 12.4 Å². The van der Waals surface area contributed by atoms with Gasteiger partial charge in [-0.05, 0) is 77.9 Å². The number of carbonyl (C=O) groups is 2. The molecule has 1 saturated heterocycles. The number of carboxylic acids is 1. The van der Waals surface area contributed by atoms with Crippen LogP contribution >= 0.6 is 27.7 Å². The van der Waals surface area contributed by atoms with Crippen molar-refractivity contribution in [3.8, 4) is 5.75 Å². The number of thioether (sulfide) groups is 1. The summed E-state index contributed by atoms with van der Waals surface area (Å²) >= 11 is 4.75. The fourth-order valence-electron chi connectivity index (χ4n) is 3.21. The van der Waals surface area contributed by atoms with Crippen LogP contribution in [0, 0.1) is 0 Å². The van der Waals surface area contributed by atoms with Crippen LogP contribution in [-0.4, -0.2) is 22.2 Å². The fourth-order valence-corrected chi connectivity index (χ4v) is 4.42. The lowest BCUT2D eigenvalue weighted by atomic mass is 10.1. The number of aliphatic imine (C=N–C) groups is 1. The van der Waals surface area contributed by atoms with Crippen LogP contribution < -0.4 is 10.1 Å². The van der Waals surface area contributed by atoms with E-state index < -0.39 is 5.97 Å². The number of rotatable bonds is 7. The third-order valence-corrected chi connectivity index (χ3v) is 6.48. The molecule has 3 aromatic rings. The smallest absolute Gasteiger partial charge is 0.335 e. The number of benzene rings is 3. The molecule has 3 aromatic carbocycles. The van der Waals surface area contributed by atoms with Gasteiger partial charge in [0.15, 0.2) is 5.17 Å². The molecule has 8 heteroatoms. The van der Waals surface area contributed by atoms with Gasteiger partial charge in [0.2, 0.25) is 0 Å². The summed E-state index contributed by atoms with van der Waals surface area (Å²) in [4.78, 5) is 28.6. The highest BCUT2D eigenvalue weighted by Crippen LogP contribution is 2.32. The molecule has 4 rings (SSSR count). The molecule has 0 saturated carbocycles. The van der Waals surface area contributed by atoms with Crippen LogP contribution in [0.1, 0.15) is 34.0 Å². The Balaban J connectivity index is 1.51. The molecule has 6 nitrogen and oxygen atoms in total. The minimum atomic E-state index is -0.970. The SMILES string of the molecule is CCc1ccc(N=C2NC(=O)/C(=C/c3cc(Br)ccc3OCc3ccc(C(=O)O)cc3)S2)cc1. The van der Waals surface area contributed by atoms with Crippen LogP contribution in [0.15, 0.2) is 81.1 Å². The molecule has 1 fully saturated rings. The Morgan fingerprint density at radius 2 is 1.79 bits per heavy atom. The molecule has 0 spiro atoms. The summed E-state index contributed by atoms with van der Waals surface area (Å²) in [5.74, 6) is -0.585. The summed E-state index contributed by atoms with van der Waals surface area (Å²) in [6.07, 6.45) is 2.73. The zero-order valence-corrected chi connectivity index (χ0v) is 20.7. The molecule has 0 radical (unpaired) electrons. The van der Waals surface area contributed by atoms with E-state index in [1.807, 2.05) is 42.5 Å². The molecule has 34 heavy (non-hydrogen) atoms. The van der Waals surface area contributed by atoms with Crippen LogP contribution in [0.4, 0.5) is 5.69 Å². The summed E-state index contributed by atoms with van der Waals surface area (Å²) in [6, 6.07) is 20.0. The summed E-state index contributed by atoms with van der Waals surface area (Å²) < 4.78 is 6.84. The van der Waals surface area contributed by atoms with Crippen molar-refractivity contribution >= 4 is 56.5 Å². The van der Waals surface area contributed by atoms with Gasteiger partial charge in [-0.2, -0.15) is 0 Å². The van der Waals surface area contributed by atoms with Gasteiger partial charge < -0.3 is 15.2 Å². The van der Waals surface area contributed by atoms with Crippen LogP contribution in [0.2, 0.25) is 0 Å². The Hall–Kier alpha value is -3.36. The van der Waals surface area contributed by atoms with Crippen LogP contribution in [0.25, 0.3) is 6.08 Å². The number of carboxylic acid groups (broad SMARTS) is 1. The number of hydrogen-bond acceptors (Lipinski definition) is 5. The van der Waals surface area contributed by atoms with E-state index in [4.69, 9.17) is 9.84 Å². The van der Waals surface area contributed by atoms with Gasteiger partial charge in [-0.1, -0.05) is 47.1 Å². The quantitative estimate of drug-likeness (QED) is 0.352. The van der Waals surface area contributed by atoms with Crippen molar-refractivity contribution in [1.82, 2.24) is 5.32 Å². The highest BCUT2D eigenvalue weighted by Gasteiger charge is 2.24. The number of amides is 1. The van der Waals surface area contributed by atoms with E-state index in [1.54, 1.807) is 30.3 Å². The summed E-state index contributed by atoms with van der Waals surface area (Å²) in [5.41, 5.74) is 3.81. The van der Waals surface area contributed by atoms with Gasteiger partial charge in [-0.25, -0.2) is 9.79 Å². The minimum absolute atomic E-state index is 0.218. The van der Waals surface area contributed by atoms with Gasteiger partial charge in [0.25, 0.3) is 5.91 Å². The minimum Gasteiger partial charge on any atom is -0.488 e. The van der Waals surface area contributed by atoms with Crippen LogP contribution in [-0.2, 0) is 17.8 Å². The molecule has 172 valence electrons. The third kappa shape index (κ3) is 5.95. The number of aryl methyl sites for hydroxylation is 1. The van der Waals surface area contributed by atoms with Crippen molar-refractivity contribution in [3.05, 3.63) is 98.4 Å². The first-order valence-corrected chi connectivity index (χ1v) is 12.2. The lowest BCUT2D eigenvalue weighted by Gasteiger charge is -2.10. The summed E-state index contributed by atoms with van der Waals surface area (Å²) in [7, 11) is 0. The Kier molecular flexibility index (Phi) is 7.49. The van der Waals surface area contributed by atoms with E-state index in [1.165, 1.54) is 17.3 Å². The normalized spacial score (nSPS) is 15.5. The number of hydrogen-bond donors (Lipinski definition) is 2. The fraction of sp³-hybridized carbons (Fsp3) is 0.115. The van der Waals surface area contributed by atoms with Crippen LogP contribution in [0.5, 0.6) is 5.75 Å². The predicted molar refractivity (Wildman–Crippen MR) is 139 cm³/mol. The second kappa shape index (κ2) is 10.7. The Bertz CT molecular complexity index is 1290. The average molecular weight is 537 g/mol. The first-order chi connectivity index (χ1) is 16.4. The Morgan fingerprint density at radius 1 is 1.09 bits per heavy atom. The molecule has 2 N–H and O–H groups in total. The second-order valence-corrected chi connectivity index (χ2v) is 9.42. The van der Waals surface area contributed by atoms with Gasteiger partial charge in [-0.3, -0.25) is 4.79 Å². The number of ether oxygens (including phenoxy) is 1.